The van der Waals surface area contributed by atoms with E-state index in [4.69, 9.17) is 0 Å². The number of fused-ring (bicyclic) bond motifs is 1. The second-order valence-electron chi connectivity index (χ2n) is 5.90. The van der Waals surface area contributed by atoms with Gasteiger partial charge in [0.1, 0.15) is 0 Å². The molecule has 1 saturated heterocycles. The quantitative estimate of drug-likeness (QED) is 0.778. The lowest BCUT2D eigenvalue weighted by Crippen LogP contribution is -2.28. The van der Waals surface area contributed by atoms with Crippen molar-refractivity contribution in [1.82, 2.24) is 10.2 Å². The van der Waals surface area contributed by atoms with Crippen LogP contribution in [0.4, 0.5) is 11.4 Å². The van der Waals surface area contributed by atoms with Crippen molar-refractivity contribution in [1.29, 1.82) is 0 Å². The summed E-state index contributed by atoms with van der Waals surface area (Å²) in [4.78, 5) is 26.4. The molecule has 0 aliphatic carbocycles. The van der Waals surface area contributed by atoms with Crippen molar-refractivity contribution in [3.05, 3.63) is 54.7 Å². The van der Waals surface area contributed by atoms with Gasteiger partial charge in [0.05, 0.1) is 17.6 Å². The van der Waals surface area contributed by atoms with Gasteiger partial charge in [-0.1, -0.05) is 18.2 Å². The zero-order valence-corrected chi connectivity index (χ0v) is 12.9. The lowest BCUT2D eigenvalue weighted by Gasteiger charge is -2.16. The lowest BCUT2D eigenvalue weighted by atomic mass is 10.1. The minimum atomic E-state index is -0.352. The maximum absolute atomic E-state index is 12.5. The van der Waals surface area contributed by atoms with Crippen LogP contribution in [-0.4, -0.2) is 28.6 Å². The van der Waals surface area contributed by atoms with E-state index in [1.165, 1.54) is 0 Å². The Balaban J connectivity index is 1.48. The largest absolute Gasteiger partial charge is 0.326 e. The van der Waals surface area contributed by atoms with E-state index in [2.05, 4.69) is 15.5 Å². The van der Waals surface area contributed by atoms with Gasteiger partial charge in [-0.05, 0) is 30.3 Å². The van der Waals surface area contributed by atoms with E-state index >= 15 is 0 Å². The SMILES string of the molecule is O=C(Nc1ccc2cn[nH]c2c1)[C@H]1CC(=O)N(c2ccccc2)C1. The van der Waals surface area contributed by atoms with Crippen LogP contribution < -0.4 is 10.2 Å². The number of amides is 2. The molecule has 2 aromatic carbocycles. The highest BCUT2D eigenvalue weighted by Crippen LogP contribution is 2.26. The molecule has 1 fully saturated rings. The van der Waals surface area contributed by atoms with Crippen LogP contribution in [0, 0.1) is 5.92 Å². The molecule has 0 saturated carbocycles. The summed E-state index contributed by atoms with van der Waals surface area (Å²) in [6, 6.07) is 15.0. The summed E-state index contributed by atoms with van der Waals surface area (Å²) in [5.74, 6) is -0.513. The first-order valence-corrected chi connectivity index (χ1v) is 7.80. The molecule has 1 aromatic heterocycles. The smallest absolute Gasteiger partial charge is 0.229 e. The van der Waals surface area contributed by atoms with Crippen molar-refractivity contribution in [2.45, 2.75) is 6.42 Å². The Morgan fingerprint density at radius 2 is 2.04 bits per heavy atom. The van der Waals surface area contributed by atoms with Gasteiger partial charge in [0.2, 0.25) is 11.8 Å². The number of hydrogen-bond donors (Lipinski definition) is 2. The Hall–Kier alpha value is -3.15. The second-order valence-corrected chi connectivity index (χ2v) is 5.90. The van der Waals surface area contributed by atoms with E-state index in [-0.39, 0.29) is 24.2 Å². The average molecular weight is 320 g/mol. The van der Waals surface area contributed by atoms with E-state index in [1.807, 2.05) is 48.5 Å². The fraction of sp³-hybridized carbons (Fsp3) is 0.167. The molecule has 2 amide bonds. The van der Waals surface area contributed by atoms with Crippen molar-refractivity contribution < 1.29 is 9.59 Å². The molecule has 4 rings (SSSR count). The zero-order chi connectivity index (χ0) is 16.5. The van der Waals surface area contributed by atoms with Gasteiger partial charge in [-0.25, -0.2) is 0 Å². The number of anilines is 2. The predicted molar refractivity (Wildman–Crippen MR) is 91.6 cm³/mol. The first-order valence-electron chi connectivity index (χ1n) is 7.80. The molecular weight excluding hydrogens is 304 g/mol. The predicted octanol–water partition coefficient (Wildman–Crippen LogP) is 2.55. The molecule has 2 heterocycles. The number of para-hydroxylation sites is 1. The topological polar surface area (TPSA) is 78.1 Å². The standard InChI is InChI=1S/C18H16N4O2/c23-17-8-13(11-22(17)15-4-2-1-3-5-15)18(24)20-14-7-6-12-10-19-21-16(12)9-14/h1-7,9-10,13H,8,11H2,(H,19,21)(H,20,24)/t13-/m0/s1. The van der Waals surface area contributed by atoms with Crippen molar-refractivity contribution in [2.75, 3.05) is 16.8 Å². The normalized spacial score (nSPS) is 17.4. The van der Waals surface area contributed by atoms with Crippen LogP contribution in [0.15, 0.2) is 54.7 Å². The van der Waals surface area contributed by atoms with Gasteiger partial charge in [-0.2, -0.15) is 5.10 Å². The van der Waals surface area contributed by atoms with E-state index < -0.39 is 0 Å². The molecule has 6 heteroatoms. The first kappa shape index (κ1) is 14.4. The summed E-state index contributed by atoms with van der Waals surface area (Å²) < 4.78 is 0. The Bertz CT molecular complexity index is 904. The van der Waals surface area contributed by atoms with Crippen molar-refractivity contribution >= 4 is 34.1 Å². The Kier molecular flexibility index (Phi) is 3.49. The number of benzene rings is 2. The molecular formula is C18H16N4O2. The molecule has 1 aliphatic heterocycles. The van der Waals surface area contributed by atoms with Gasteiger partial charge in [-0.3, -0.25) is 14.7 Å². The number of H-pyrrole nitrogens is 1. The van der Waals surface area contributed by atoms with Crippen LogP contribution in [-0.2, 0) is 9.59 Å². The van der Waals surface area contributed by atoms with E-state index in [9.17, 15) is 9.59 Å². The number of nitrogens with one attached hydrogen (secondary N) is 2. The number of aromatic amines is 1. The monoisotopic (exact) mass is 320 g/mol. The molecule has 1 aliphatic rings. The molecule has 0 radical (unpaired) electrons. The van der Waals surface area contributed by atoms with Crippen LogP contribution >= 0.6 is 0 Å². The molecule has 6 nitrogen and oxygen atoms in total. The molecule has 24 heavy (non-hydrogen) atoms. The van der Waals surface area contributed by atoms with Gasteiger partial charge in [0.15, 0.2) is 0 Å². The van der Waals surface area contributed by atoms with Gasteiger partial charge in [-0.15, -0.1) is 0 Å². The van der Waals surface area contributed by atoms with Gasteiger partial charge < -0.3 is 10.2 Å². The summed E-state index contributed by atoms with van der Waals surface area (Å²) in [6.45, 7) is 0.404. The maximum Gasteiger partial charge on any atom is 0.229 e. The molecule has 1 atom stereocenters. The maximum atomic E-state index is 12.5. The van der Waals surface area contributed by atoms with E-state index in [0.29, 0.717) is 12.2 Å². The highest BCUT2D eigenvalue weighted by atomic mass is 16.2. The van der Waals surface area contributed by atoms with Crippen molar-refractivity contribution in [2.24, 2.45) is 5.92 Å². The fourth-order valence-corrected chi connectivity index (χ4v) is 3.00. The first-order chi connectivity index (χ1) is 11.7. The zero-order valence-electron chi connectivity index (χ0n) is 12.9. The number of nitrogens with zero attached hydrogens (tertiary/aromatic N) is 2. The highest BCUT2D eigenvalue weighted by Gasteiger charge is 2.35. The average Bonchev–Trinajstić information content (AvgIpc) is 3.21. The third-order valence-corrected chi connectivity index (χ3v) is 4.27. The minimum absolute atomic E-state index is 0.0228. The van der Waals surface area contributed by atoms with Crippen molar-refractivity contribution in [3.63, 3.8) is 0 Å². The third-order valence-electron chi connectivity index (χ3n) is 4.27. The van der Waals surface area contributed by atoms with Crippen LogP contribution in [0.25, 0.3) is 10.9 Å². The fourth-order valence-electron chi connectivity index (χ4n) is 3.00. The Morgan fingerprint density at radius 3 is 2.88 bits per heavy atom. The number of carbonyl (C=O) groups excluding carboxylic acids is 2. The third kappa shape index (κ3) is 2.62. The number of hydrogen-bond acceptors (Lipinski definition) is 3. The summed E-state index contributed by atoms with van der Waals surface area (Å²) >= 11 is 0. The molecule has 3 aromatic rings. The molecule has 120 valence electrons. The van der Waals surface area contributed by atoms with Crippen LogP contribution in [0.3, 0.4) is 0 Å². The minimum Gasteiger partial charge on any atom is -0.326 e. The van der Waals surface area contributed by atoms with Crippen LogP contribution in [0.1, 0.15) is 6.42 Å². The molecule has 0 bridgehead atoms. The summed E-state index contributed by atoms with van der Waals surface area (Å²) in [6.07, 6.45) is 1.96. The summed E-state index contributed by atoms with van der Waals surface area (Å²) in [5.41, 5.74) is 2.39. The number of aromatic nitrogens is 2. The van der Waals surface area contributed by atoms with E-state index in [1.54, 1.807) is 11.1 Å². The summed E-state index contributed by atoms with van der Waals surface area (Å²) in [7, 11) is 0. The molecule has 0 unspecified atom stereocenters. The van der Waals surface area contributed by atoms with E-state index in [0.717, 1.165) is 16.6 Å². The molecule has 2 N–H and O–H groups in total. The van der Waals surface area contributed by atoms with Gasteiger partial charge >= 0.3 is 0 Å². The van der Waals surface area contributed by atoms with Gasteiger partial charge in [0, 0.05) is 29.7 Å². The van der Waals surface area contributed by atoms with Crippen molar-refractivity contribution in [3.8, 4) is 0 Å². The lowest BCUT2D eigenvalue weighted by molar-refractivity contribution is -0.122. The molecule has 0 spiro atoms. The highest BCUT2D eigenvalue weighted by molar-refractivity contribution is 6.04. The Morgan fingerprint density at radius 1 is 1.21 bits per heavy atom. The number of carbonyl (C=O) groups is 2. The van der Waals surface area contributed by atoms with Crippen LogP contribution in [0.2, 0.25) is 0 Å². The Labute approximate surface area is 138 Å². The van der Waals surface area contributed by atoms with Gasteiger partial charge in [0.25, 0.3) is 0 Å². The second kappa shape index (κ2) is 5.81. The number of rotatable bonds is 3. The summed E-state index contributed by atoms with van der Waals surface area (Å²) in [5, 5.41) is 10.7. The van der Waals surface area contributed by atoms with Crippen LogP contribution in [0.5, 0.6) is 0 Å².